The van der Waals surface area contributed by atoms with E-state index in [1.54, 1.807) is 42.2 Å². The van der Waals surface area contributed by atoms with Gasteiger partial charge in [0.1, 0.15) is 11.4 Å². The third kappa shape index (κ3) is 4.50. The fourth-order valence-electron chi connectivity index (χ4n) is 3.18. The molecule has 3 N–H and O–H groups in total. The van der Waals surface area contributed by atoms with E-state index in [9.17, 15) is 10.4 Å². The van der Waals surface area contributed by atoms with Crippen LogP contribution in [0.15, 0.2) is 54.9 Å². The lowest BCUT2D eigenvalue weighted by atomic mass is 10.1. The maximum absolute atomic E-state index is 10.1. The summed E-state index contributed by atoms with van der Waals surface area (Å²) < 4.78 is 13.0. The first-order chi connectivity index (χ1) is 16.0. The van der Waals surface area contributed by atoms with Crippen molar-refractivity contribution in [2.45, 2.75) is 6.10 Å². The Labute approximate surface area is 189 Å². The summed E-state index contributed by atoms with van der Waals surface area (Å²) in [6.07, 6.45) is 2.20. The fraction of sp³-hybridized carbons (Fsp3) is 0.174. The van der Waals surface area contributed by atoms with Gasteiger partial charge in [0, 0.05) is 32.1 Å². The predicted octanol–water partition coefficient (Wildman–Crippen LogP) is 2.60. The van der Waals surface area contributed by atoms with Crippen molar-refractivity contribution in [2.24, 2.45) is 12.8 Å². The Morgan fingerprint density at radius 1 is 1.18 bits per heavy atom. The largest absolute Gasteiger partial charge is 0.481 e. The van der Waals surface area contributed by atoms with Crippen molar-refractivity contribution in [1.29, 1.82) is 5.26 Å². The Hall–Kier alpha value is -4.33. The maximum Gasteiger partial charge on any atom is 0.222 e. The number of aromatic nitrogens is 5. The van der Waals surface area contributed by atoms with E-state index < -0.39 is 6.10 Å². The molecule has 0 unspecified atom stereocenters. The standard InChI is InChI=1S/C23H21N7O3/c1-30-21(10-18(29-30)17-5-3-4-8-26-17)33-20-9-14(11-24)6-7-15(20)22-27-13-16(19(31)12-25)23(28-22)32-2/h3-10,13,19,31H,12,25H2,1-2H3/t19-/m0/s1. The number of nitriles is 1. The van der Waals surface area contributed by atoms with Crippen LogP contribution in [0.5, 0.6) is 17.5 Å². The highest BCUT2D eigenvalue weighted by atomic mass is 16.5. The van der Waals surface area contributed by atoms with Gasteiger partial charge in [-0.2, -0.15) is 15.3 Å². The van der Waals surface area contributed by atoms with Gasteiger partial charge in [0.2, 0.25) is 11.8 Å². The van der Waals surface area contributed by atoms with Crippen LogP contribution in [0.2, 0.25) is 0 Å². The monoisotopic (exact) mass is 443 g/mol. The number of nitrogens with two attached hydrogens (primary N) is 1. The molecule has 1 atom stereocenters. The molecule has 0 amide bonds. The van der Waals surface area contributed by atoms with Gasteiger partial charge in [-0.15, -0.1) is 0 Å². The molecular weight excluding hydrogens is 422 g/mol. The minimum Gasteiger partial charge on any atom is -0.481 e. The Kier molecular flexibility index (Phi) is 6.26. The molecule has 4 aromatic rings. The first-order valence-electron chi connectivity index (χ1n) is 10.0. The van der Waals surface area contributed by atoms with Crippen molar-refractivity contribution in [3.05, 3.63) is 66.0 Å². The lowest BCUT2D eigenvalue weighted by Gasteiger charge is -2.14. The summed E-state index contributed by atoms with van der Waals surface area (Å²) >= 11 is 0. The van der Waals surface area contributed by atoms with Crippen molar-refractivity contribution in [1.82, 2.24) is 24.7 Å². The topological polar surface area (TPSA) is 145 Å². The van der Waals surface area contributed by atoms with Gasteiger partial charge in [-0.25, -0.2) is 9.67 Å². The van der Waals surface area contributed by atoms with Crippen LogP contribution in [-0.4, -0.2) is 43.5 Å². The molecule has 33 heavy (non-hydrogen) atoms. The lowest BCUT2D eigenvalue weighted by Crippen LogP contribution is -2.14. The highest BCUT2D eigenvalue weighted by Crippen LogP contribution is 2.35. The molecule has 0 aliphatic heterocycles. The Bertz CT molecular complexity index is 1320. The number of aryl methyl sites for hydroxylation is 1. The number of hydrogen-bond acceptors (Lipinski definition) is 9. The van der Waals surface area contributed by atoms with Crippen LogP contribution in [0.1, 0.15) is 17.2 Å². The van der Waals surface area contributed by atoms with Gasteiger partial charge in [0.15, 0.2) is 5.82 Å². The molecule has 0 spiro atoms. The summed E-state index contributed by atoms with van der Waals surface area (Å²) in [7, 11) is 3.20. The summed E-state index contributed by atoms with van der Waals surface area (Å²) in [5, 5.41) is 23.9. The smallest absolute Gasteiger partial charge is 0.222 e. The zero-order valence-corrected chi connectivity index (χ0v) is 18.0. The molecular formula is C23H21N7O3. The zero-order chi connectivity index (χ0) is 23.4. The fourth-order valence-corrected chi connectivity index (χ4v) is 3.18. The third-order valence-corrected chi connectivity index (χ3v) is 4.89. The van der Waals surface area contributed by atoms with Crippen molar-refractivity contribution in [3.63, 3.8) is 0 Å². The first-order valence-corrected chi connectivity index (χ1v) is 10.0. The quantitative estimate of drug-likeness (QED) is 0.440. The van der Waals surface area contributed by atoms with Crippen molar-refractivity contribution < 1.29 is 14.6 Å². The second-order valence-electron chi connectivity index (χ2n) is 7.04. The van der Waals surface area contributed by atoms with Gasteiger partial charge in [-0.3, -0.25) is 4.98 Å². The summed E-state index contributed by atoms with van der Waals surface area (Å²) in [4.78, 5) is 13.1. The number of pyridine rings is 1. The number of rotatable bonds is 7. The number of aliphatic hydroxyl groups is 1. The van der Waals surface area contributed by atoms with Crippen LogP contribution in [0.3, 0.4) is 0 Å². The van der Waals surface area contributed by atoms with Crippen LogP contribution in [0.4, 0.5) is 0 Å². The molecule has 3 aromatic heterocycles. The van der Waals surface area contributed by atoms with E-state index in [2.05, 4.69) is 26.1 Å². The van der Waals surface area contributed by atoms with Crippen LogP contribution in [-0.2, 0) is 7.05 Å². The second kappa shape index (κ2) is 9.44. The Morgan fingerprint density at radius 3 is 2.73 bits per heavy atom. The second-order valence-corrected chi connectivity index (χ2v) is 7.04. The van der Waals surface area contributed by atoms with Gasteiger partial charge < -0.3 is 20.3 Å². The average Bonchev–Trinajstić information content (AvgIpc) is 3.23. The molecule has 0 aliphatic carbocycles. The predicted molar refractivity (Wildman–Crippen MR) is 119 cm³/mol. The molecule has 1 aromatic carbocycles. The molecule has 0 bridgehead atoms. The Morgan fingerprint density at radius 2 is 2.03 bits per heavy atom. The van der Waals surface area contributed by atoms with Gasteiger partial charge in [0.25, 0.3) is 0 Å². The summed E-state index contributed by atoms with van der Waals surface area (Å²) in [6.45, 7) is 0.00336. The van der Waals surface area contributed by atoms with Gasteiger partial charge >= 0.3 is 0 Å². The van der Waals surface area contributed by atoms with Gasteiger partial charge in [-0.05, 0) is 30.3 Å². The van der Waals surface area contributed by atoms with Crippen LogP contribution in [0, 0.1) is 11.3 Å². The van der Waals surface area contributed by atoms with E-state index in [-0.39, 0.29) is 12.4 Å². The molecule has 4 rings (SSSR count). The van der Waals surface area contributed by atoms with E-state index >= 15 is 0 Å². The van der Waals surface area contributed by atoms with E-state index in [1.807, 2.05) is 18.2 Å². The van der Waals surface area contributed by atoms with Gasteiger partial charge in [0.05, 0.1) is 41.7 Å². The SMILES string of the molecule is COc1nc(-c2ccc(C#N)cc2Oc2cc(-c3ccccn3)nn2C)ncc1[C@@H](O)CN. The van der Waals surface area contributed by atoms with Crippen molar-refractivity contribution >= 4 is 0 Å². The summed E-state index contributed by atoms with van der Waals surface area (Å²) in [5.74, 6) is 1.30. The summed E-state index contributed by atoms with van der Waals surface area (Å²) in [5.41, 5.74) is 8.22. The molecule has 10 nitrogen and oxygen atoms in total. The van der Waals surface area contributed by atoms with E-state index in [0.29, 0.717) is 45.5 Å². The third-order valence-electron chi connectivity index (χ3n) is 4.89. The summed E-state index contributed by atoms with van der Waals surface area (Å²) in [6, 6.07) is 14.4. The van der Waals surface area contributed by atoms with Crippen molar-refractivity contribution in [2.75, 3.05) is 13.7 Å². The molecule has 3 heterocycles. The van der Waals surface area contributed by atoms with Gasteiger partial charge in [-0.1, -0.05) is 6.07 Å². The Balaban J connectivity index is 1.75. The molecule has 0 aliphatic rings. The normalized spacial score (nSPS) is 11.6. The highest BCUT2D eigenvalue weighted by molar-refractivity contribution is 5.67. The number of nitrogens with zero attached hydrogens (tertiary/aromatic N) is 6. The molecule has 0 radical (unpaired) electrons. The van der Waals surface area contributed by atoms with E-state index in [4.69, 9.17) is 15.2 Å². The van der Waals surface area contributed by atoms with E-state index in [0.717, 1.165) is 0 Å². The number of hydrogen-bond donors (Lipinski definition) is 2. The molecule has 0 fully saturated rings. The first kappa shape index (κ1) is 21.9. The highest BCUT2D eigenvalue weighted by Gasteiger charge is 2.19. The maximum atomic E-state index is 10.1. The minimum atomic E-state index is -0.954. The number of ether oxygens (including phenoxy) is 2. The lowest BCUT2D eigenvalue weighted by molar-refractivity contribution is 0.180. The number of benzene rings is 1. The van der Waals surface area contributed by atoms with Crippen LogP contribution in [0.25, 0.3) is 22.8 Å². The number of aliphatic hydroxyl groups excluding tert-OH is 1. The van der Waals surface area contributed by atoms with Crippen LogP contribution < -0.4 is 15.2 Å². The average molecular weight is 443 g/mol. The molecule has 10 heteroatoms. The number of methoxy groups -OCH3 is 1. The van der Waals surface area contributed by atoms with Crippen molar-refractivity contribution in [3.8, 4) is 46.4 Å². The molecule has 0 saturated heterocycles. The molecule has 0 saturated carbocycles. The zero-order valence-electron chi connectivity index (χ0n) is 18.0. The molecule has 166 valence electrons. The minimum absolute atomic E-state index is 0.00336. The van der Waals surface area contributed by atoms with E-state index in [1.165, 1.54) is 13.3 Å². The van der Waals surface area contributed by atoms with Crippen LogP contribution >= 0.6 is 0 Å².